The molecule has 88 valence electrons. The number of amides is 1. The van der Waals surface area contributed by atoms with E-state index >= 15 is 0 Å². The Morgan fingerprint density at radius 2 is 2.24 bits per heavy atom. The topological polar surface area (TPSA) is 33.2 Å². The molecule has 17 heavy (non-hydrogen) atoms. The lowest BCUT2D eigenvalue weighted by molar-refractivity contribution is 0.0996. The first-order valence-corrected chi connectivity index (χ1v) is 6.71. The molecule has 0 unspecified atom stereocenters. The molecule has 0 aromatic carbocycles. The van der Waals surface area contributed by atoms with Gasteiger partial charge in [-0.3, -0.25) is 9.69 Å². The highest BCUT2D eigenvalue weighted by atomic mass is 79.9. The monoisotopic (exact) mass is 330 g/mol. The van der Waals surface area contributed by atoms with E-state index in [0.717, 1.165) is 4.47 Å². The molecule has 1 amide bonds. The molecule has 0 bridgehead atoms. The van der Waals surface area contributed by atoms with Crippen molar-refractivity contribution in [3.8, 4) is 0 Å². The third kappa shape index (κ3) is 2.86. The summed E-state index contributed by atoms with van der Waals surface area (Å²) in [5, 5.41) is 0. The highest BCUT2D eigenvalue weighted by Crippen LogP contribution is 2.24. The lowest BCUT2D eigenvalue weighted by atomic mass is 10.4. The van der Waals surface area contributed by atoms with Crippen molar-refractivity contribution in [1.29, 1.82) is 0 Å². The van der Waals surface area contributed by atoms with E-state index in [1.165, 1.54) is 16.2 Å². The van der Waals surface area contributed by atoms with Gasteiger partial charge in [-0.2, -0.15) is 0 Å². The van der Waals surface area contributed by atoms with Crippen molar-refractivity contribution in [2.24, 2.45) is 0 Å². The molecule has 0 N–H and O–H groups in total. The lowest BCUT2D eigenvalue weighted by Gasteiger charge is -2.15. The molecule has 2 aromatic heterocycles. The third-order valence-corrected chi connectivity index (χ3v) is 3.85. The van der Waals surface area contributed by atoms with Crippen LogP contribution in [0.1, 0.15) is 9.67 Å². The zero-order valence-electron chi connectivity index (χ0n) is 8.85. The van der Waals surface area contributed by atoms with Gasteiger partial charge in [-0.1, -0.05) is 27.5 Å². The number of nitrogens with zero attached hydrogens (tertiary/aromatic N) is 2. The summed E-state index contributed by atoms with van der Waals surface area (Å²) in [4.78, 5) is 18.3. The van der Waals surface area contributed by atoms with Gasteiger partial charge in [0.05, 0.1) is 9.21 Å². The Bertz CT molecular complexity index is 558. The Morgan fingerprint density at radius 3 is 2.82 bits per heavy atom. The van der Waals surface area contributed by atoms with Crippen molar-refractivity contribution >= 4 is 50.6 Å². The fourth-order valence-corrected chi connectivity index (χ4v) is 2.62. The van der Waals surface area contributed by atoms with Crippen LogP contribution in [-0.2, 0) is 0 Å². The van der Waals surface area contributed by atoms with Crippen LogP contribution in [0.3, 0.4) is 0 Å². The zero-order chi connectivity index (χ0) is 12.4. The Morgan fingerprint density at radius 1 is 1.47 bits per heavy atom. The molecule has 0 saturated heterocycles. The minimum absolute atomic E-state index is 0.118. The lowest BCUT2D eigenvalue weighted by Crippen LogP contribution is -2.26. The van der Waals surface area contributed by atoms with Gasteiger partial charge in [0.15, 0.2) is 0 Å². The summed E-state index contributed by atoms with van der Waals surface area (Å²) in [6.45, 7) is 0. The van der Waals surface area contributed by atoms with E-state index in [4.69, 9.17) is 11.6 Å². The predicted molar refractivity (Wildman–Crippen MR) is 74.0 cm³/mol. The second-order valence-corrected chi connectivity index (χ2v) is 5.93. The van der Waals surface area contributed by atoms with Gasteiger partial charge in [-0.25, -0.2) is 4.98 Å². The summed E-state index contributed by atoms with van der Waals surface area (Å²) in [7, 11) is 1.69. The van der Waals surface area contributed by atoms with E-state index < -0.39 is 0 Å². The maximum Gasteiger partial charge on any atom is 0.269 e. The van der Waals surface area contributed by atoms with Gasteiger partial charge >= 0.3 is 0 Å². The molecule has 0 atom stereocenters. The van der Waals surface area contributed by atoms with Crippen LogP contribution in [-0.4, -0.2) is 17.9 Å². The molecule has 0 radical (unpaired) electrons. The first kappa shape index (κ1) is 12.5. The molecular weight excluding hydrogens is 324 g/mol. The average molecular weight is 332 g/mol. The van der Waals surface area contributed by atoms with Gasteiger partial charge < -0.3 is 0 Å². The number of anilines is 1. The second-order valence-electron chi connectivity index (χ2n) is 3.30. The Labute approximate surface area is 116 Å². The average Bonchev–Trinajstić information content (AvgIpc) is 2.74. The summed E-state index contributed by atoms with van der Waals surface area (Å²) in [5.74, 6) is 0.474. The molecule has 0 aliphatic carbocycles. The smallest absolute Gasteiger partial charge is 0.269 e. The Balaban J connectivity index is 2.26. The number of aromatic nitrogens is 1. The Kier molecular flexibility index (Phi) is 3.81. The molecule has 2 heterocycles. The molecule has 0 aliphatic heterocycles. The van der Waals surface area contributed by atoms with Crippen LogP contribution in [0.4, 0.5) is 5.82 Å². The van der Waals surface area contributed by atoms with Crippen molar-refractivity contribution in [1.82, 2.24) is 4.98 Å². The normalized spacial score (nSPS) is 10.3. The first-order chi connectivity index (χ1) is 8.08. The summed E-state index contributed by atoms with van der Waals surface area (Å²) in [6.07, 6.45) is 1.64. The molecule has 0 spiro atoms. The van der Waals surface area contributed by atoms with E-state index in [9.17, 15) is 4.79 Å². The van der Waals surface area contributed by atoms with Crippen LogP contribution in [0.5, 0.6) is 0 Å². The number of halogens is 2. The van der Waals surface area contributed by atoms with Gasteiger partial charge in [0.1, 0.15) is 5.82 Å². The van der Waals surface area contributed by atoms with Crippen molar-refractivity contribution in [3.63, 3.8) is 0 Å². The summed E-state index contributed by atoms with van der Waals surface area (Å²) in [5.41, 5.74) is 0. The maximum absolute atomic E-state index is 12.1. The molecule has 2 aromatic rings. The number of thiophene rings is 1. The van der Waals surface area contributed by atoms with E-state index in [-0.39, 0.29) is 5.91 Å². The van der Waals surface area contributed by atoms with Gasteiger partial charge in [0, 0.05) is 17.7 Å². The Hall–Kier alpha value is -0.910. The molecular formula is C11H8BrClN2OS. The van der Waals surface area contributed by atoms with Crippen LogP contribution in [0.25, 0.3) is 0 Å². The molecule has 0 saturated carbocycles. The number of rotatable bonds is 2. The summed E-state index contributed by atoms with van der Waals surface area (Å²) >= 11 is 10.4. The molecule has 6 heteroatoms. The number of carbonyl (C=O) groups is 1. The third-order valence-electron chi connectivity index (χ3n) is 2.14. The van der Waals surface area contributed by atoms with Crippen LogP contribution in [0.15, 0.2) is 34.9 Å². The largest absolute Gasteiger partial charge is 0.295 e. The van der Waals surface area contributed by atoms with Crippen molar-refractivity contribution in [2.45, 2.75) is 0 Å². The summed E-state index contributed by atoms with van der Waals surface area (Å²) in [6, 6.07) is 7.02. The highest BCUT2D eigenvalue weighted by Gasteiger charge is 2.16. The van der Waals surface area contributed by atoms with Crippen LogP contribution >= 0.6 is 38.9 Å². The maximum atomic E-state index is 12.1. The number of hydrogen-bond acceptors (Lipinski definition) is 3. The highest BCUT2D eigenvalue weighted by molar-refractivity contribution is 9.10. The second kappa shape index (κ2) is 5.16. The molecule has 0 fully saturated rings. The van der Waals surface area contributed by atoms with E-state index in [1.54, 1.807) is 31.4 Å². The van der Waals surface area contributed by atoms with Crippen LogP contribution in [0.2, 0.25) is 4.34 Å². The van der Waals surface area contributed by atoms with Crippen LogP contribution < -0.4 is 4.90 Å². The minimum atomic E-state index is -0.118. The van der Waals surface area contributed by atoms with Crippen molar-refractivity contribution in [3.05, 3.63) is 44.1 Å². The standard InChI is InChI=1S/C11H8BrClN2OS/c1-15(10-6-7(12)4-5-14-10)11(16)8-2-3-9(13)17-8/h2-6H,1H3. The SMILES string of the molecule is CN(C(=O)c1ccc(Cl)s1)c1cc(Br)ccn1. The van der Waals surface area contributed by atoms with Gasteiger partial charge in [0.2, 0.25) is 0 Å². The van der Waals surface area contributed by atoms with Crippen molar-refractivity contribution in [2.75, 3.05) is 11.9 Å². The molecule has 3 nitrogen and oxygen atoms in total. The number of carbonyl (C=O) groups excluding carboxylic acids is 1. The minimum Gasteiger partial charge on any atom is -0.295 e. The quantitative estimate of drug-likeness (QED) is 0.838. The van der Waals surface area contributed by atoms with Gasteiger partial charge in [0.25, 0.3) is 5.91 Å². The van der Waals surface area contributed by atoms with Crippen LogP contribution in [0, 0.1) is 0 Å². The van der Waals surface area contributed by atoms with E-state index in [0.29, 0.717) is 15.0 Å². The van der Waals surface area contributed by atoms with Crippen molar-refractivity contribution < 1.29 is 4.79 Å². The fraction of sp³-hybridized carbons (Fsp3) is 0.0909. The fourth-order valence-electron chi connectivity index (χ4n) is 1.28. The predicted octanol–water partition coefficient (Wildman–Crippen LogP) is 3.84. The molecule has 0 aliphatic rings. The van der Waals surface area contributed by atoms with E-state index in [2.05, 4.69) is 20.9 Å². The summed E-state index contributed by atoms with van der Waals surface area (Å²) < 4.78 is 1.48. The first-order valence-electron chi connectivity index (χ1n) is 4.73. The molecule has 2 rings (SSSR count). The number of hydrogen-bond donors (Lipinski definition) is 0. The number of pyridine rings is 1. The zero-order valence-corrected chi connectivity index (χ0v) is 12.0. The van der Waals surface area contributed by atoms with Gasteiger partial charge in [-0.05, 0) is 24.3 Å². The van der Waals surface area contributed by atoms with Gasteiger partial charge in [-0.15, -0.1) is 11.3 Å². The van der Waals surface area contributed by atoms with E-state index in [1.807, 2.05) is 6.07 Å².